The van der Waals surface area contributed by atoms with Gasteiger partial charge in [-0.25, -0.2) is 9.78 Å². The van der Waals surface area contributed by atoms with E-state index in [2.05, 4.69) is 4.98 Å². The van der Waals surface area contributed by atoms with Crippen LogP contribution in [0.25, 0.3) is 0 Å². The van der Waals surface area contributed by atoms with Crippen LogP contribution in [0, 0.1) is 0 Å². The van der Waals surface area contributed by atoms with Gasteiger partial charge in [-0.3, -0.25) is 0 Å². The molecule has 0 unspecified atom stereocenters. The molecule has 0 spiro atoms. The van der Waals surface area contributed by atoms with E-state index in [9.17, 15) is 4.79 Å². The van der Waals surface area contributed by atoms with Crippen molar-refractivity contribution >= 4 is 17.5 Å². The summed E-state index contributed by atoms with van der Waals surface area (Å²) in [7, 11) is 0. The summed E-state index contributed by atoms with van der Waals surface area (Å²) in [6.45, 7) is 6.41. The molecule has 0 fully saturated rings. The minimum absolute atomic E-state index is 0.00550. The Morgan fingerprint density at radius 2 is 2.22 bits per heavy atom. The summed E-state index contributed by atoms with van der Waals surface area (Å²) < 4.78 is 5.28. The zero-order valence-electron chi connectivity index (χ0n) is 10.7. The Morgan fingerprint density at radius 3 is 2.78 bits per heavy atom. The van der Waals surface area contributed by atoms with Crippen molar-refractivity contribution in [2.24, 2.45) is 0 Å². The number of aromatic carboxylic acids is 1. The van der Waals surface area contributed by atoms with E-state index in [1.807, 2.05) is 18.7 Å². The summed E-state index contributed by atoms with van der Waals surface area (Å²) in [4.78, 5) is 16.9. The van der Waals surface area contributed by atoms with Crippen molar-refractivity contribution < 1.29 is 14.6 Å². The summed E-state index contributed by atoms with van der Waals surface area (Å²) in [5.41, 5.74) is 6.30. The van der Waals surface area contributed by atoms with E-state index in [-0.39, 0.29) is 5.69 Å². The third-order valence-corrected chi connectivity index (χ3v) is 2.52. The molecule has 6 nitrogen and oxygen atoms in total. The van der Waals surface area contributed by atoms with Crippen LogP contribution in [-0.4, -0.2) is 42.4 Å². The molecule has 100 valence electrons. The molecule has 18 heavy (non-hydrogen) atoms. The first kappa shape index (κ1) is 14.2. The van der Waals surface area contributed by atoms with Crippen LogP contribution < -0.4 is 10.6 Å². The molecule has 0 bridgehead atoms. The van der Waals surface area contributed by atoms with Gasteiger partial charge in [0, 0.05) is 19.7 Å². The third-order valence-electron chi connectivity index (χ3n) is 2.52. The molecule has 0 aromatic carbocycles. The number of pyridine rings is 1. The van der Waals surface area contributed by atoms with E-state index in [1.54, 1.807) is 6.07 Å². The molecule has 1 rings (SSSR count). The number of nitrogens with two attached hydrogens (primary N) is 1. The molecule has 0 aliphatic carbocycles. The van der Waals surface area contributed by atoms with Crippen LogP contribution in [0.3, 0.4) is 0 Å². The fraction of sp³-hybridized carbons (Fsp3) is 0.500. The molecule has 3 N–H and O–H groups in total. The van der Waals surface area contributed by atoms with Crippen LogP contribution in [-0.2, 0) is 4.74 Å². The SMILES string of the molecule is CCOCCN(CC)c1nc(C(=O)O)ccc1N. The van der Waals surface area contributed by atoms with Gasteiger partial charge >= 0.3 is 5.97 Å². The van der Waals surface area contributed by atoms with Gasteiger partial charge in [0.2, 0.25) is 0 Å². The first-order valence-electron chi connectivity index (χ1n) is 5.92. The van der Waals surface area contributed by atoms with Crippen molar-refractivity contribution in [2.45, 2.75) is 13.8 Å². The maximum Gasteiger partial charge on any atom is 0.354 e. The molecule has 1 aromatic rings. The Labute approximate surface area is 106 Å². The van der Waals surface area contributed by atoms with Gasteiger partial charge in [-0.05, 0) is 26.0 Å². The summed E-state index contributed by atoms with van der Waals surface area (Å²) in [5.74, 6) is -0.561. The number of anilines is 2. The predicted octanol–water partition coefficient (Wildman–Crippen LogP) is 1.22. The fourth-order valence-electron chi connectivity index (χ4n) is 1.56. The van der Waals surface area contributed by atoms with Crippen LogP contribution in [0.1, 0.15) is 24.3 Å². The largest absolute Gasteiger partial charge is 0.477 e. The van der Waals surface area contributed by atoms with Gasteiger partial charge < -0.3 is 20.5 Å². The number of hydrogen-bond donors (Lipinski definition) is 2. The third kappa shape index (κ3) is 3.59. The van der Waals surface area contributed by atoms with E-state index in [0.29, 0.717) is 37.8 Å². The average Bonchev–Trinajstić information content (AvgIpc) is 2.35. The lowest BCUT2D eigenvalue weighted by atomic mass is 10.3. The van der Waals surface area contributed by atoms with E-state index in [0.717, 1.165) is 0 Å². The van der Waals surface area contributed by atoms with Gasteiger partial charge in [-0.1, -0.05) is 0 Å². The van der Waals surface area contributed by atoms with E-state index < -0.39 is 5.97 Å². The number of carboxylic acids is 1. The molecule has 0 amide bonds. The number of likely N-dealkylation sites (N-methyl/N-ethyl adjacent to an activating group) is 1. The number of ether oxygens (including phenoxy) is 1. The maximum atomic E-state index is 10.9. The topological polar surface area (TPSA) is 88.7 Å². The normalized spacial score (nSPS) is 10.3. The molecular weight excluding hydrogens is 234 g/mol. The average molecular weight is 253 g/mol. The highest BCUT2D eigenvalue weighted by atomic mass is 16.5. The summed E-state index contributed by atoms with van der Waals surface area (Å²) in [6.07, 6.45) is 0. The molecule has 0 radical (unpaired) electrons. The highest BCUT2D eigenvalue weighted by Crippen LogP contribution is 2.20. The Bertz CT molecular complexity index is 410. The first-order valence-corrected chi connectivity index (χ1v) is 5.92. The minimum atomic E-state index is -1.06. The summed E-state index contributed by atoms with van der Waals surface area (Å²) >= 11 is 0. The Hall–Kier alpha value is -1.82. The molecule has 1 heterocycles. The second-order valence-electron chi connectivity index (χ2n) is 3.69. The lowest BCUT2D eigenvalue weighted by Crippen LogP contribution is -2.29. The molecule has 0 aliphatic heterocycles. The molecule has 1 aromatic heterocycles. The Morgan fingerprint density at radius 1 is 1.50 bits per heavy atom. The van der Waals surface area contributed by atoms with Gasteiger partial charge in [0.1, 0.15) is 0 Å². The molecule has 0 aliphatic rings. The van der Waals surface area contributed by atoms with Crippen LogP contribution >= 0.6 is 0 Å². The van der Waals surface area contributed by atoms with E-state index in [4.69, 9.17) is 15.6 Å². The monoisotopic (exact) mass is 253 g/mol. The highest BCUT2D eigenvalue weighted by molar-refractivity contribution is 5.86. The highest BCUT2D eigenvalue weighted by Gasteiger charge is 2.13. The number of carboxylic acid groups (broad SMARTS) is 1. The lowest BCUT2D eigenvalue weighted by molar-refractivity contribution is 0.0690. The minimum Gasteiger partial charge on any atom is -0.477 e. The molecule has 0 saturated heterocycles. The number of aromatic nitrogens is 1. The van der Waals surface area contributed by atoms with Gasteiger partial charge in [-0.2, -0.15) is 0 Å². The van der Waals surface area contributed by atoms with Gasteiger partial charge in [0.15, 0.2) is 11.5 Å². The van der Waals surface area contributed by atoms with Crippen molar-refractivity contribution in [1.82, 2.24) is 4.98 Å². The van der Waals surface area contributed by atoms with E-state index in [1.165, 1.54) is 6.07 Å². The molecule has 0 atom stereocenters. The zero-order chi connectivity index (χ0) is 13.5. The summed E-state index contributed by atoms with van der Waals surface area (Å²) in [5, 5.41) is 8.92. The van der Waals surface area contributed by atoms with Crippen LogP contribution in [0.5, 0.6) is 0 Å². The van der Waals surface area contributed by atoms with Crippen molar-refractivity contribution in [1.29, 1.82) is 0 Å². The lowest BCUT2D eigenvalue weighted by Gasteiger charge is -2.23. The fourth-order valence-corrected chi connectivity index (χ4v) is 1.56. The Kier molecular flexibility index (Phi) is 5.38. The van der Waals surface area contributed by atoms with Crippen molar-refractivity contribution in [3.05, 3.63) is 17.8 Å². The van der Waals surface area contributed by atoms with Crippen LogP contribution in [0.2, 0.25) is 0 Å². The quantitative estimate of drug-likeness (QED) is 0.710. The molecule has 0 saturated carbocycles. The predicted molar refractivity (Wildman–Crippen MR) is 70.0 cm³/mol. The first-order chi connectivity index (χ1) is 8.60. The smallest absolute Gasteiger partial charge is 0.354 e. The van der Waals surface area contributed by atoms with Gasteiger partial charge in [-0.15, -0.1) is 0 Å². The van der Waals surface area contributed by atoms with Crippen molar-refractivity contribution in [2.75, 3.05) is 36.9 Å². The van der Waals surface area contributed by atoms with E-state index >= 15 is 0 Å². The number of hydrogen-bond acceptors (Lipinski definition) is 5. The standard InChI is InChI=1S/C12H19N3O3/c1-3-15(7-8-18-4-2)11-9(13)5-6-10(14-11)12(16)17/h5-6H,3-4,7-8,13H2,1-2H3,(H,16,17). The Balaban J connectivity index is 2.89. The number of rotatable bonds is 7. The van der Waals surface area contributed by atoms with Gasteiger partial charge in [0.25, 0.3) is 0 Å². The second kappa shape index (κ2) is 6.80. The zero-order valence-corrected chi connectivity index (χ0v) is 10.7. The number of nitrogen functional groups attached to an aromatic ring is 1. The summed E-state index contributed by atoms with van der Waals surface area (Å²) in [6, 6.07) is 2.96. The number of nitrogens with zero attached hydrogens (tertiary/aromatic N) is 2. The van der Waals surface area contributed by atoms with Crippen molar-refractivity contribution in [3.63, 3.8) is 0 Å². The van der Waals surface area contributed by atoms with Crippen LogP contribution in [0.15, 0.2) is 12.1 Å². The molecular formula is C12H19N3O3. The van der Waals surface area contributed by atoms with Gasteiger partial charge in [0.05, 0.1) is 12.3 Å². The maximum absolute atomic E-state index is 10.9. The van der Waals surface area contributed by atoms with Crippen LogP contribution in [0.4, 0.5) is 11.5 Å². The second-order valence-corrected chi connectivity index (χ2v) is 3.69. The number of carbonyl (C=O) groups is 1. The molecule has 6 heteroatoms. The van der Waals surface area contributed by atoms with Crippen molar-refractivity contribution in [3.8, 4) is 0 Å².